The molecule has 42 heavy (non-hydrogen) atoms. The second-order valence-electron chi connectivity index (χ2n) is 9.37. The van der Waals surface area contributed by atoms with Gasteiger partial charge >= 0.3 is 28.4 Å². The number of oxime groups is 1. The van der Waals surface area contributed by atoms with Crippen LogP contribution in [0.4, 0.5) is 14.7 Å². The number of hydrogen-bond acceptors (Lipinski definition) is 14. The topological polar surface area (TPSA) is 298 Å². The van der Waals surface area contributed by atoms with E-state index in [1.165, 1.54) is 5.38 Å². The minimum absolute atomic E-state index is 0.0356. The van der Waals surface area contributed by atoms with E-state index in [1.54, 1.807) is 0 Å². The van der Waals surface area contributed by atoms with Crippen molar-refractivity contribution in [2.24, 2.45) is 10.9 Å². The van der Waals surface area contributed by atoms with Crippen molar-refractivity contribution < 1.29 is 51.6 Å². The maximum atomic E-state index is 13.2. The number of carbonyl (C=O) groups excluding carboxylic acids is 4. The summed E-state index contributed by atoms with van der Waals surface area (Å²) in [7, 11) is -5.11. The summed E-state index contributed by atoms with van der Waals surface area (Å²) in [6.45, 7) is -0.302. The predicted molar refractivity (Wildman–Crippen MR) is 140 cm³/mol. The number of aliphatic carboxylic acids is 1. The number of hydrogen-bond donors (Lipinski definition) is 7. The third-order valence-electron chi connectivity index (χ3n) is 6.37. The lowest BCUT2D eigenvalue weighted by atomic mass is 9.97. The third-order valence-corrected chi connectivity index (χ3v) is 7.99. The van der Waals surface area contributed by atoms with Crippen LogP contribution in [0.15, 0.2) is 10.5 Å². The molecule has 0 spiro atoms. The number of carbonyl (C=O) groups is 5. The van der Waals surface area contributed by atoms with Crippen LogP contribution in [0.5, 0.6) is 0 Å². The lowest BCUT2D eigenvalue weighted by molar-refractivity contribution is -0.153. The van der Waals surface area contributed by atoms with Gasteiger partial charge in [0, 0.05) is 37.9 Å². The number of nitrogens with two attached hydrogens (primary N) is 2. The molecule has 2 aliphatic heterocycles. The zero-order valence-electron chi connectivity index (χ0n) is 21.6. The molecule has 3 fully saturated rings. The fraction of sp³-hybridized carbons (Fsp3) is 0.550. The average Bonchev–Trinajstić information content (AvgIpc) is 3.47. The van der Waals surface area contributed by atoms with Crippen molar-refractivity contribution in [3.8, 4) is 0 Å². The van der Waals surface area contributed by atoms with Gasteiger partial charge in [-0.15, -0.1) is 11.3 Å². The zero-order valence-corrected chi connectivity index (χ0v) is 23.2. The molecule has 3 atom stereocenters. The number of cyclic esters (lactones) is 1. The van der Waals surface area contributed by atoms with E-state index in [4.69, 9.17) is 21.0 Å². The number of ether oxygens (including phenoxy) is 1. The molecule has 9 N–H and O–H groups in total. The standard InChI is InChI=1S/C20H27N9O11S2/c21-3-4-23-18(34)24-5-9-6-28(19(35)39-9)7-11-13(15(31)29(11)42(36,37)38)26-14(30)12(10-8-41-17(22)25-10)27-40-20(1-2-20)16(32)33/h8-9,11,13H,1-7,21H2,(H2,22,25)(H,26,30)(H,32,33)(H2,23,24,34)(H,36,37,38)/t9-,11-,13+/m1/s1. The molecule has 1 aromatic heterocycles. The number of nitrogens with zero attached hydrogens (tertiary/aromatic N) is 4. The Labute approximate surface area is 241 Å². The van der Waals surface area contributed by atoms with E-state index in [-0.39, 0.29) is 54.2 Å². The second kappa shape index (κ2) is 11.9. The third kappa shape index (κ3) is 6.61. The van der Waals surface area contributed by atoms with Crippen molar-refractivity contribution in [3.05, 3.63) is 11.1 Å². The summed E-state index contributed by atoms with van der Waals surface area (Å²) in [4.78, 5) is 71.6. The molecule has 1 saturated carbocycles. The Hall–Kier alpha value is -4.28. The zero-order chi connectivity index (χ0) is 30.8. The molecular weight excluding hydrogens is 606 g/mol. The van der Waals surface area contributed by atoms with Gasteiger partial charge in [0.15, 0.2) is 10.8 Å². The van der Waals surface area contributed by atoms with Gasteiger partial charge in [-0.2, -0.15) is 8.42 Å². The number of nitrogens with one attached hydrogen (secondary N) is 3. The molecule has 230 valence electrons. The molecule has 22 heteroatoms. The van der Waals surface area contributed by atoms with Crippen LogP contribution < -0.4 is 27.4 Å². The van der Waals surface area contributed by atoms with Crippen LogP contribution in [0.3, 0.4) is 0 Å². The fourth-order valence-electron chi connectivity index (χ4n) is 4.05. The number of aromatic nitrogens is 1. The Morgan fingerprint density at radius 2 is 2.00 bits per heavy atom. The summed E-state index contributed by atoms with van der Waals surface area (Å²) in [5, 5.41) is 21.6. The normalized spacial score (nSPS) is 23.1. The van der Waals surface area contributed by atoms with E-state index < -0.39 is 76.3 Å². The van der Waals surface area contributed by atoms with Crippen molar-refractivity contribution in [3.63, 3.8) is 0 Å². The van der Waals surface area contributed by atoms with Crippen molar-refractivity contribution in [1.82, 2.24) is 30.1 Å². The maximum absolute atomic E-state index is 13.2. The lowest BCUT2D eigenvalue weighted by Gasteiger charge is -2.45. The number of carboxylic acids is 1. The van der Waals surface area contributed by atoms with Gasteiger partial charge in [-0.1, -0.05) is 5.16 Å². The maximum Gasteiger partial charge on any atom is 0.410 e. The van der Waals surface area contributed by atoms with Crippen LogP contribution in [-0.4, -0.2) is 124 Å². The molecule has 0 unspecified atom stereocenters. The number of β-lactam (4-membered cyclic amide) rings is 1. The monoisotopic (exact) mass is 633 g/mol. The molecule has 5 amide bonds. The largest absolute Gasteiger partial charge is 0.478 e. The molecule has 1 aliphatic carbocycles. The van der Waals surface area contributed by atoms with Gasteiger partial charge in [-0.25, -0.2) is 23.7 Å². The molecular formula is C20H27N9O11S2. The summed E-state index contributed by atoms with van der Waals surface area (Å²) < 4.78 is 38.7. The van der Waals surface area contributed by atoms with Crippen molar-refractivity contribution in [2.75, 3.05) is 38.5 Å². The first-order valence-electron chi connectivity index (χ1n) is 12.3. The number of anilines is 1. The van der Waals surface area contributed by atoms with Crippen LogP contribution in [0.2, 0.25) is 0 Å². The second-order valence-corrected chi connectivity index (χ2v) is 11.5. The van der Waals surface area contributed by atoms with Crippen LogP contribution in [0.25, 0.3) is 0 Å². The number of nitrogen functional groups attached to an aromatic ring is 1. The highest BCUT2D eigenvalue weighted by molar-refractivity contribution is 7.84. The molecule has 3 heterocycles. The van der Waals surface area contributed by atoms with Crippen molar-refractivity contribution >= 4 is 62.4 Å². The van der Waals surface area contributed by atoms with E-state index in [1.807, 2.05) is 0 Å². The number of carboxylic acid groups (broad SMARTS) is 1. The molecule has 1 aromatic rings. The molecule has 0 aromatic carbocycles. The van der Waals surface area contributed by atoms with E-state index in [0.717, 1.165) is 16.2 Å². The summed E-state index contributed by atoms with van der Waals surface area (Å²) >= 11 is 0.933. The highest BCUT2D eigenvalue weighted by Crippen LogP contribution is 2.40. The Kier molecular flexibility index (Phi) is 8.70. The van der Waals surface area contributed by atoms with Gasteiger partial charge in [0.05, 0.1) is 19.1 Å². The number of amides is 5. The molecule has 0 radical (unpaired) electrons. The Morgan fingerprint density at radius 3 is 2.57 bits per heavy atom. The molecule has 0 bridgehead atoms. The molecule has 2 saturated heterocycles. The van der Waals surface area contributed by atoms with Gasteiger partial charge < -0.3 is 47.0 Å². The summed E-state index contributed by atoms with van der Waals surface area (Å²) in [5.74, 6) is -3.63. The van der Waals surface area contributed by atoms with Gasteiger partial charge in [-0.05, 0) is 0 Å². The number of thiazole rings is 1. The van der Waals surface area contributed by atoms with E-state index >= 15 is 0 Å². The lowest BCUT2D eigenvalue weighted by Crippen LogP contribution is -2.74. The van der Waals surface area contributed by atoms with Gasteiger partial charge in [-0.3, -0.25) is 14.1 Å². The Balaban J connectivity index is 1.47. The van der Waals surface area contributed by atoms with Crippen LogP contribution in [0, 0.1) is 0 Å². The predicted octanol–water partition coefficient (Wildman–Crippen LogP) is -3.36. The summed E-state index contributed by atoms with van der Waals surface area (Å²) in [5.41, 5.74) is 8.65. The minimum atomic E-state index is -5.11. The smallest absolute Gasteiger partial charge is 0.410 e. The first-order chi connectivity index (χ1) is 19.8. The minimum Gasteiger partial charge on any atom is -0.478 e. The van der Waals surface area contributed by atoms with Crippen LogP contribution >= 0.6 is 11.3 Å². The van der Waals surface area contributed by atoms with Gasteiger partial charge in [0.2, 0.25) is 5.60 Å². The molecule has 3 aliphatic rings. The summed E-state index contributed by atoms with van der Waals surface area (Å²) in [6, 6.07) is -3.61. The highest BCUT2D eigenvalue weighted by Gasteiger charge is 2.56. The first kappa shape index (κ1) is 30.7. The summed E-state index contributed by atoms with van der Waals surface area (Å²) in [6.07, 6.45) is -1.47. The van der Waals surface area contributed by atoms with E-state index in [2.05, 4.69) is 26.1 Å². The Bertz CT molecular complexity index is 1410. The van der Waals surface area contributed by atoms with Crippen molar-refractivity contribution in [2.45, 2.75) is 36.6 Å². The number of rotatable bonds is 13. The van der Waals surface area contributed by atoms with E-state index in [0.29, 0.717) is 0 Å². The number of urea groups is 1. The van der Waals surface area contributed by atoms with Gasteiger partial charge in [0.1, 0.15) is 17.8 Å². The van der Waals surface area contributed by atoms with Gasteiger partial charge in [0.25, 0.3) is 11.8 Å². The first-order valence-corrected chi connectivity index (χ1v) is 14.5. The fourth-order valence-corrected chi connectivity index (χ4v) is 5.47. The SMILES string of the molecule is NCCNC(=O)NC[C@@H]1CN(C[C@@H]2[C@H](NC(=O)C(=NOC3(C(=O)O)CC3)c3csc(N)n3)C(=O)N2S(=O)(=O)O)C(=O)O1. The van der Waals surface area contributed by atoms with E-state index in [9.17, 15) is 42.0 Å². The van der Waals surface area contributed by atoms with Crippen LogP contribution in [-0.2, 0) is 34.3 Å². The molecule has 4 rings (SSSR count). The van der Waals surface area contributed by atoms with Crippen molar-refractivity contribution in [1.29, 1.82) is 0 Å². The quantitative estimate of drug-likeness (QED) is 0.0483. The molecule has 20 nitrogen and oxygen atoms in total. The van der Waals surface area contributed by atoms with Crippen LogP contribution in [0.1, 0.15) is 18.5 Å². The highest BCUT2D eigenvalue weighted by atomic mass is 32.2. The average molecular weight is 634 g/mol. The Morgan fingerprint density at radius 1 is 1.29 bits per heavy atom.